The van der Waals surface area contributed by atoms with Crippen LogP contribution in [0.2, 0.25) is 27.3 Å². The van der Waals surface area contributed by atoms with E-state index in [9.17, 15) is 5.11 Å². The Hall–Kier alpha value is -0.926. The molecule has 4 rings (SSSR count). The molecule has 0 spiro atoms. The van der Waals surface area contributed by atoms with Gasteiger partial charge in [-0.15, -0.1) is 0 Å². The third-order valence-electron chi connectivity index (χ3n) is 7.23. The summed E-state index contributed by atoms with van der Waals surface area (Å²) in [5.74, 6) is 0. The van der Waals surface area contributed by atoms with E-state index >= 15 is 0 Å². The predicted octanol–water partition coefficient (Wildman–Crippen LogP) is 4.69. The molecule has 190 valence electrons. The molecule has 2 aliphatic heterocycles. The Bertz CT molecular complexity index is 1000. The Morgan fingerprint density at radius 2 is 1.59 bits per heavy atom. The van der Waals surface area contributed by atoms with Crippen molar-refractivity contribution >= 4 is 39.9 Å². The summed E-state index contributed by atoms with van der Waals surface area (Å²) in [6.07, 6.45) is 0.205. The van der Waals surface area contributed by atoms with Crippen molar-refractivity contribution in [3.8, 4) is 0 Å². The van der Waals surface area contributed by atoms with E-state index in [-0.39, 0.29) is 27.3 Å². The Kier molecular flexibility index (Phi) is 7.31. The van der Waals surface area contributed by atoms with Gasteiger partial charge < -0.3 is 22.8 Å². The van der Waals surface area contributed by atoms with Gasteiger partial charge in [0.2, 0.25) is 0 Å². The van der Waals surface area contributed by atoms with Gasteiger partial charge in [0.15, 0.2) is 17.0 Å². The third-order valence-corrected chi connectivity index (χ3v) is 17.8. The Balaban J connectivity index is 1.77. The molecular formula is C22H37ClN4O5Si2. The van der Waals surface area contributed by atoms with E-state index in [0.717, 1.165) is 0 Å². The van der Waals surface area contributed by atoms with Crippen LogP contribution >= 0.6 is 11.6 Å². The minimum atomic E-state index is -2.86. The lowest BCUT2D eigenvalue weighted by molar-refractivity contribution is -0.0570. The predicted molar refractivity (Wildman–Crippen MR) is 134 cm³/mol. The largest absolute Gasteiger partial charge is 0.414 e. The molecule has 4 atom stereocenters. The summed E-state index contributed by atoms with van der Waals surface area (Å²) in [6, 6.07) is 0. The molecular weight excluding hydrogens is 492 g/mol. The number of aliphatic hydroxyl groups is 1. The van der Waals surface area contributed by atoms with Crippen LogP contribution in [0.3, 0.4) is 0 Å². The van der Waals surface area contributed by atoms with Crippen molar-refractivity contribution in [2.75, 3.05) is 6.61 Å². The lowest BCUT2D eigenvalue weighted by Gasteiger charge is -2.51. The van der Waals surface area contributed by atoms with Gasteiger partial charge in [-0.05, 0) is 22.2 Å². The lowest BCUT2D eigenvalue weighted by Crippen LogP contribution is -2.65. The highest BCUT2D eigenvalue weighted by molar-refractivity contribution is 6.84. The second-order valence-corrected chi connectivity index (χ2v) is 19.8. The maximum atomic E-state index is 11.5. The van der Waals surface area contributed by atoms with Gasteiger partial charge in [-0.1, -0.05) is 67.0 Å². The summed E-state index contributed by atoms with van der Waals surface area (Å²) in [5.41, 5.74) is 1.74. The van der Waals surface area contributed by atoms with Gasteiger partial charge in [-0.2, -0.15) is 0 Å². The zero-order valence-electron chi connectivity index (χ0n) is 21.2. The van der Waals surface area contributed by atoms with E-state index in [0.29, 0.717) is 17.8 Å². The van der Waals surface area contributed by atoms with E-state index in [4.69, 9.17) is 29.3 Å². The molecule has 0 radical (unpaired) electrons. The highest BCUT2D eigenvalue weighted by atomic mass is 35.5. The van der Waals surface area contributed by atoms with Crippen LogP contribution in [-0.4, -0.2) is 66.7 Å². The molecule has 2 aromatic rings. The van der Waals surface area contributed by atoms with Crippen molar-refractivity contribution in [2.24, 2.45) is 0 Å². The normalized spacial score (nSPS) is 29.2. The fourth-order valence-corrected chi connectivity index (χ4v) is 16.8. The zero-order chi connectivity index (χ0) is 25.0. The number of halogens is 1. The number of aromatic nitrogens is 4. The second-order valence-electron chi connectivity index (χ2n) is 10.6. The SMILES string of the molecule is CC(C)[Si]1(C(C)C)OC[C@H]2O[C@@H](n3cnc4c(Cl)ncnc43)[C@H](O)[C@@H]2O[Si](C(C)C)(C(C)C)O1. The number of hydrogen-bond acceptors (Lipinski definition) is 8. The van der Waals surface area contributed by atoms with Gasteiger partial charge in [-0.25, -0.2) is 15.0 Å². The van der Waals surface area contributed by atoms with E-state index in [1.165, 1.54) is 6.33 Å². The van der Waals surface area contributed by atoms with E-state index in [1.54, 1.807) is 10.9 Å². The minimum absolute atomic E-state index is 0.158. The fraction of sp³-hybridized carbons (Fsp3) is 0.773. The zero-order valence-corrected chi connectivity index (χ0v) is 24.0. The molecule has 2 saturated heterocycles. The first-order chi connectivity index (χ1) is 15.9. The minimum Gasteiger partial charge on any atom is -0.414 e. The second kappa shape index (κ2) is 9.51. The number of nitrogens with zero attached hydrogens (tertiary/aromatic N) is 4. The lowest BCUT2D eigenvalue weighted by atomic mass is 10.1. The number of rotatable bonds is 5. The number of imidazole rings is 1. The molecule has 9 nitrogen and oxygen atoms in total. The van der Waals surface area contributed by atoms with Crippen molar-refractivity contribution in [1.29, 1.82) is 0 Å². The van der Waals surface area contributed by atoms with Gasteiger partial charge >= 0.3 is 17.1 Å². The Morgan fingerprint density at radius 3 is 2.18 bits per heavy atom. The van der Waals surface area contributed by atoms with Gasteiger partial charge in [0, 0.05) is 0 Å². The van der Waals surface area contributed by atoms with Crippen molar-refractivity contribution in [3.63, 3.8) is 0 Å². The fourth-order valence-electron chi connectivity index (χ4n) is 5.38. The van der Waals surface area contributed by atoms with Crippen molar-refractivity contribution in [3.05, 3.63) is 17.8 Å². The van der Waals surface area contributed by atoms with Crippen LogP contribution in [0.15, 0.2) is 12.7 Å². The molecule has 0 aliphatic carbocycles. The van der Waals surface area contributed by atoms with Crippen LogP contribution in [-0.2, 0) is 17.7 Å². The number of aliphatic hydroxyl groups excluding tert-OH is 1. The summed E-state index contributed by atoms with van der Waals surface area (Å²) >= 11 is 6.19. The maximum absolute atomic E-state index is 11.5. The van der Waals surface area contributed by atoms with E-state index in [2.05, 4.69) is 70.3 Å². The van der Waals surface area contributed by atoms with Crippen LogP contribution in [0, 0.1) is 0 Å². The molecule has 0 amide bonds. The van der Waals surface area contributed by atoms with Crippen LogP contribution in [0.1, 0.15) is 61.6 Å². The van der Waals surface area contributed by atoms with Crippen LogP contribution in [0.4, 0.5) is 0 Å². The first-order valence-electron chi connectivity index (χ1n) is 12.1. The van der Waals surface area contributed by atoms with E-state index < -0.39 is 41.7 Å². The number of ether oxygens (including phenoxy) is 1. The van der Waals surface area contributed by atoms with Crippen molar-refractivity contribution < 1.29 is 22.8 Å². The molecule has 0 saturated carbocycles. The Labute approximate surface area is 208 Å². The third kappa shape index (κ3) is 4.07. The van der Waals surface area contributed by atoms with E-state index in [1.807, 2.05) is 0 Å². The summed E-state index contributed by atoms with van der Waals surface area (Å²) in [4.78, 5) is 12.7. The monoisotopic (exact) mass is 528 g/mol. The summed E-state index contributed by atoms with van der Waals surface area (Å²) in [5, 5.41) is 11.7. The van der Waals surface area contributed by atoms with Crippen LogP contribution in [0.5, 0.6) is 0 Å². The molecule has 34 heavy (non-hydrogen) atoms. The van der Waals surface area contributed by atoms with Crippen molar-refractivity contribution in [2.45, 2.75) is 102 Å². The summed E-state index contributed by atoms with van der Waals surface area (Å²) < 4.78 is 29.0. The quantitative estimate of drug-likeness (QED) is 0.440. The molecule has 0 aromatic carbocycles. The maximum Gasteiger partial charge on any atom is 0.335 e. The molecule has 1 N–H and O–H groups in total. The Morgan fingerprint density at radius 1 is 0.971 bits per heavy atom. The highest BCUT2D eigenvalue weighted by Gasteiger charge is 2.61. The molecule has 2 fully saturated rings. The standard InChI is InChI=1S/C22H37ClN4O5Si2/c1-12(2)33(13(3)4)29-9-16-19(31-34(32-33,14(5)6)15(7)8)18(28)22(30-16)27-11-26-17-20(23)24-10-25-21(17)27/h10-16,18-19,22,28H,9H2,1-8H3/t16-,18-,19-,22-/m1/s1. The van der Waals surface area contributed by atoms with Crippen LogP contribution < -0.4 is 0 Å². The highest BCUT2D eigenvalue weighted by Crippen LogP contribution is 2.48. The average molecular weight is 529 g/mol. The molecule has 0 bridgehead atoms. The molecule has 12 heteroatoms. The van der Waals surface area contributed by atoms with Gasteiger partial charge in [0.1, 0.15) is 30.2 Å². The summed E-state index contributed by atoms with van der Waals surface area (Å²) in [7, 11) is -5.54. The molecule has 4 heterocycles. The van der Waals surface area contributed by atoms with Crippen LogP contribution in [0.25, 0.3) is 11.2 Å². The van der Waals surface area contributed by atoms with Gasteiger partial charge in [0.25, 0.3) is 0 Å². The molecule has 2 aromatic heterocycles. The topological polar surface area (TPSA) is 101 Å². The summed E-state index contributed by atoms with van der Waals surface area (Å²) in [6.45, 7) is 17.6. The number of fused-ring (bicyclic) bond motifs is 2. The number of hydrogen-bond donors (Lipinski definition) is 1. The average Bonchev–Trinajstić information content (AvgIpc) is 3.29. The molecule has 2 aliphatic rings. The van der Waals surface area contributed by atoms with Gasteiger partial charge in [-0.3, -0.25) is 4.57 Å². The van der Waals surface area contributed by atoms with Gasteiger partial charge in [0.05, 0.1) is 12.9 Å². The first kappa shape index (κ1) is 26.1. The van der Waals surface area contributed by atoms with Crippen molar-refractivity contribution in [1.82, 2.24) is 19.5 Å². The molecule has 0 unspecified atom stereocenters. The first-order valence-corrected chi connectivity index (χ1v) is 16.4. The smallest absolute Gasteiger partial charge is 0.335 e.